The summed E-state index contributed by atoms with van der Waals surface area (Å²) in [6.07, 6.45) is 3.07. The number of aromatic nitrogens is 3. The summed E-state index contributed by atoms with van der Waals surface area (Å²) < 4.78 is 28.3. The summed E-state index contributed by atoms with van der Waals surface area (Å²) in [4.78, 5) is 16.5. The Balaban J connectivity index is 1.72. The first-order valence-electron chi connectivity index (χ1n) is 8.76. The predicted octanol–water partition coefficient (Wildman–Crippen LogP) is 2.06. The van der Waals surface area contributed by atoms with E-state index in [1.165, 1.54) is 18.5 Å². The van der Waals surface area contributed by atoms with E-state index in [9.17, 15) is 13.2 Å². The molecule has 9 heteroatoms. The minimum absolute atomic E-state index is 0.0619. The number of carbonyl (C=O) groups excluding carboxylic acids is 1. The fourth-order valence-corrected chi connectivity index (χ4v) is 3.78. The monoisotopic (exact) mass is 399 g/mol. The predicted molar refractivity (Wildman–Crippen MR) is 105 cm³/mol. The third kappa shape index (κ3) is 4.44. The number of carbonyl (C=O) groups is 1. The Morgan fingerprint density at radius 1 is 1.18 bits per heavy atom. The van der Waals surface area contributed by atoms with Crippen molar-refractivity contribution in [1.29, 1.82) is 0 Å². The molecule has 28 heavy (non-hydrogen) atoms. The summed E-state index contributed by atoms with van der Waals surface area (Å²) in [5.41, 5.74) is 2.06. The van der Waals surface area contributed by atoms with Crippen LogP contribution in [0.25, 0.3) is 5.69 Å². The molecule has 0 radical (unpaired) electrons. The van der Waals surface area contributed by atoms with Crippen molar-refractivity contribution >= 4 is 15.9 Å². The molecule has 1 unspecified atom stereocenters. The highest BCUT2D eigenvalue weighted by Gasteiger charge is 2.17. The third-order valence-corrected chi connectivity index (χ3v) is 5.71. The van der Waals surface area contributed by atoms with Crippen molar-refractivity contribution < 1.29 is 13.2 Å². The van der Waals surface area contributed by atoms with E-state index in [-0.39, 0.29) is 29.0 Å². The van der Waals surface area contributed by atoms with Gasteiger partial charge in [-0.05, 0) is 42.8 Å². The van der Waals surface area contributed by atoms with Crippen LogP contribution in [0, 0.1) is 0 Å². The Kier molecular flexibility index (Phi) is 5.86. The van der Waals surface area contributed by atoms with Gasteiger partial charge in [0, 0.05) is 12.1 Å². The smallest absolute Gasteiger partial charge is 0.251 e. The molecule has 3 rings (SSSR count). The molecule has 1 aromatic heterocycles. The first-order chi connectivity index (χ1) is 13.4. The standard InChI is InChI=1S/C19H21N5O3S/c1-3-22-28(26,27)18-6-4-5-16(11-18)19(25)23-14(2)15-7-9-17(10-8-15)24-13-20-12-21-24/h4-14,22H,3H2,1-2H3,(H,23,25). The molecule has 2 aromatic carbocycles. The van der Waals surface area contributed by atoms with Crippen LogP contribution in [0.15, 0.2) is 66.1 Å². The number of benzene rings is 2. The molecule has 2 N–H and O–H groups in total. The second-order valence-corrected chi connectivity index (χ2v) is 7.92. The van der Waals surface area contributed by atoms with Crippen LogP contribution >= 0.6 is 0 Å². The summed E-state index contributed by atoms with van der Waals surface area (Å²) in [5, 5.41) is 6.96. The Morgan fingerprint density at radius 3 is 2.57 bits per heavy atom. The van der Waals surface area contributed by atoms with Gasteiger partial charge in [0.05, 0.1) is 16.6 Å². The fourth-order valence-electron chi connectivity index (χ4n) is 2.70. The summed E-state index contributed by atoms with van der Waals surface area (Å²) in [6.45, 7) is 3.84. The van der Waals surface area contributed by atoms with Crippen LogP contribution < -0.4 is 10.0 Å². The number of nitrogens with one attached hydrogen (secondary N) is 2. The second kappa shape index (κ2) is 8.32. The molecule has 0 bridgehead atoms. The average molecular weight is 399 g/mol. The number of hydrogen-bond donors (Lipinski definition) is 2. The van der Waals surface area contributed by atoms with Gasteiger partial charge in [-0.1, -0.05) is 25.1 Å². The largest absolute Gasteiger partial charge is 0.346 e. The van der Waals surface area contributed by atoms with Gasteiger partial charge in [-0.2, -0.15) is 5.10 Å². The van der Waals surface area contributed by atoms with Gasteiger partial charge in [0.2, 0.25) is 10.0 Å². The molecular formula is C19H21N5O3S. The minimum atomic E-state index is -3.62. The van der Waals surface area contributed by atoms with Crippen LogP contribution in [-0.4, -0.2) is 35.6 Å². The van der Waals surface area contributed by atoms with E-state index in [0.717, 1.165) is 11.3 Å². The lowest BCUT2D eigenvalue weighted by Crippen LogP contribution is -2.27. The maximum Gasteiger partial charge on any atom is 0.251 e. The Bertz CT molecular complexity index is 1050. The first-order valence-corrected chi connectivity index (χ1v) is 10.2. The highest BCUT2D eigenvalue weighted by atomic mass is 32.2. The van der Waals surface area contributed by atoms with Crippen molar-refractivity contribution in [3.63, 3.8) is 0 Å². The van der Waals surface area contributed by atoms with Crippen molar-refractivity contribution in [2.24, 2.45) is 0 Å². The highest BCUT2D eigenvalue weighted by molar-refractivity contribution is 7.89. The molecule has 0 saturated carbocycles. The topological polar surface area (TPSA) is 106 Å². The highest BCUT2D eigenvalue weighted by Crippen LogP contribution is 2.17. The van der Waals surface area contributed by atoms with Gasteiger partial charge in [-0.25, -0.2) is 22.8 Å². The maximum atomic E-state index is 12.6. The Morgan fingerprint density at radius 2 is 1.93 bits per heavy atom. The molecule has 0 fully saturated rings. The van der Waals surface area contributed by atoms with E-state index in [1.807, 2.05) is 31.2 Å². The van der Waals surface area contributed by atoms with Crippen LogP contribution in [-0.2, 0) is 10.0 Å². The molecule has 0 saturated heterocycles. The lowest BCUT2D eigenvalue weighted by molar-refractivity contribution is 0.0939. The first kappa shape index (κ1) is 19.7. The number of sulfonamides is 1. The normalized spacial score (nSPS) is 12.5. The van der Waals surface area contributed by atoms with Crippen LogP contribution in [0.4, 0.5) is 0 Å². The van der Waals surface area contributed by atoms with E-state index < -0.39 is 10.0 Å². The second-order valence-electron chi connectivity index (χ2n) is 6.16. The summed E-state index contributed by atoms with van der Waals surface area (Å²) in [5.74, 6) is -0.346. The number of hydrogen-bond acceptors (Lipinski definition) is 5. The molecule has 0 aliphatic heterocycles. The average Bonchev–Trinajstić information content (AvgIpc) is 3.23. The zero-order valence-corrected chi connectivity index (χ0v) is 16.3. The number of amides is 1. The van der Waals surface area contributed by atoms with Crippen molar-refractivity contribution in [3.05, 3.63) is 72.3 Å². The van der Waals surface area contributed by atoms with Gasteiger partial charge < -0.3 is 5.32 Å². The Labute approximate surface area is 163 Å². The van der Waals surface area contributed by atoms with Gasteiger partial charge in [0.1, 0.15) is 12.7 Å². The lowest BCUT2D eigenvalue weighted by Gasteiger charge is -2.15. The van der Waals surface area contributed by atoms with E-state index in [1.54, 1.807) is 30.1 Å². The summed E-state index contributed by atoms with van der Waals surface area (Å²) in [6, 6.07) is 13.3. The van der Waals surface area contributed by atoms with Crippen molar-refractivity contribution in [2.45, 2.75) is 24.8 Å². The maximum absolute atomic E-state index is 12.6. The third-order valence-electron chi connectivity index (χ3n) is 4.16. The van der Waals surface area contributed by atoms with E-state index in [2.05, 4.69) is 20.1 Å². The molecule has 0 aliphatic rings. The van der Waals surface area contributed by atoms with Gasteiger partial charge >= 0.3 is 0 Å². The van der Waals surface area contributed by atoms with Crippen LogP contribution in [0.1, 0.15) is 35.8 Å². The van der Waals surface area contributed by atoms with E-state index in [4.69, 9.17) is 0 Å². The molecule has 146 valence electrons. The molecule has 1 atom stereocenters. The van der Waals surface area contributed by atoms with Gasteiger partial charge in [0.15, 0.2) is 0 Å². The van der Waals surface area contributed by atoms with Gasteiger partial charge in [0.25, 0.3) is 5.91 Å². The zero-order valence-electron chi connectivity index (χ0n) is 15.5. The van der Waals surface area contributed by atoms with E-state index >= 15 is 0 Å². The molecule has 1 heterocycles. The van der Waals surface area contributed by atoms with Gasteiger partial charge in [-0.15, -0.1) is 0 Å². The lowest BCUT2D eigenvalue weighted by atomic mass is 10.1. The summed E-state index contributed by atoms with van der Waals surface area (Å²) in [7, 11) is -3.62. The quantitative estimate of drug-likeness (QED) is 0.633. The minimum Gasteiger partial charge on any atom is -0.346 e. The van der Waals surface area contributed by atoms with Crippen LogP contribution in [0.5, 0.6) is 0 Å². The van der Waals surface area contributed by atoms with Crippen molar-refractivity contribution in [1.82, 2.24) is 24.8 Å². The van der Waals surface area contributed by atoms with Gasteiger partial charge in [-0.3, -0.25) is 4.79 Å². The van der Waals surface area contributed by atoms with Crippen LogP contribution in [0.2, 0.25) is 0 Å². The van der Waals surface area contributed by atoms with E-state index in [0.29, 0.717) is 0 Å². The molecule has 1 amide bonds. The zero-order chi connectivity index (χ0) is 20.1. The molecular weight excluding hydrogens is 378 g/mol. The molecule has 3 aromatic rings. The number of nitrogens with zero attached hydrogens (tertiary/aromatic N) is 3. The molecule has 0 spiro atoms. The summed E-state index contributed by atoms with van der Waals surface area (Å²) >= 11 is 0. The van der Waals surface area contributed by atoms with Crippen molar-refractivity contribution in [2.75, 3.05) is 6.54 Å². The molecule has 8 nitrogen and oxygen atoms in total. The molecule has 0 aliphatic carbocycles. The number of rotatable bonds is 7. The van der Waals surface area contributed by atoms with Crippen molar-refractivity contribution in [3.8, 4) is 5.69 Å². The fraction of sp³-hybridized carbons (Fsp3) is 0.211. The Hall–Kier alpha value is -3.04. The SMILES string of the molecule is CCNS(=O)(=O)c1cccc(C(=O)NC(C)c2ccc(-n3cncn3)cc2)c1. The van der Waals surface area contributed by atoms with Crippen LogP contribution in [0.3, 0.4) is 0 Å².